The SMILES string of the molecule is CN1CCCC(CN)(OCCO)CC1. The zero-order valence-electron chi connectivity index (χ0n) is 9.04. The Morgan fingerprint density at radius 3 is 2.86 bits per heavy atom. The predicted octanol–water partition coefficient (Wildman–Crippen LogP) is -0.191. The lowest BCUT2D eigenvalue weighted by Crippen LogP contribution is -2.42. The van der Waals surface area contributed by atoms with Crippen LogP contribution in [0.5, 0.6) is 0 Å². The van der Waals surface area contributed by atoms with E-state index in [1.807, 2.05) is 0 Å². The summed E-state index contributed by atoms with van der Waals surface area (Å²) in [4.78, 5) is 2.31. The van der Waals surface area contributed by atoms with Gasteiger partial charge in [-0.15, -0.1) is 0 Å². The van der Waals surface area contributed by atoms with E-state index in [9.17, 15) is 0 Å². The fourth-order valence-electron chi connectivity index (χ4n) is 1.97. The highest BCUT2D eigenvalue weighted by Gasteiger charge is 2.31. The van der Waals surface area contributed by atoms with E-state index >= 15 is 0 Å². The van der Waals surface area contributed by atoms with Crippen molar-refractivity contribution in [2.75, 3.05) is 39.9 Å². The third kappa shape index (κ3) is 3.20. The van der Waals surface area contributed by atoms with Crippen molar-refractivity contribution in [3.63, 3.8) is 0 Å². The molecule has 1 aliphatic rings. The highest BCUT2D eigenvalue weighted by atomic mass is 16.5. The summed E-state index contributed by atoms with van der Waals surface area (Å²) < 4.78 is 5.70. The van der Waals surface area contributed by atoms with E-state index in [2.05, 4.69) is 11.9 Å². The van der Waals surface area contributed by atoms with E-state index in [4.69, 9.17) is 15.6 Å². The van der Waals surface area contributed by atoms with Crippen molar-refractivity contribution < 1.29 is 9.84 Å². The number of nitrogens with zero attached hydrogens (tertiary/aromatic N) is 1. The van der Waals surface area contributed by atoms with Crippen molar-refractivity contribution in [3.05, 3.63) is 0 Å². The minimum absolute atomic E-state index is 0.0809. The van der Waals surface area contributed by atoms with Gasteiger partial charge in [-0.2, -0.15) is 0 Å². The molecule has 4 heteroatoms. The minimum atomic E-state index is -0.187. The van der Waals surface area contributed by atoms with Crippen LogP contribution in [-0.4, -0.2) is 55.5 Å². The van der Waals surface area contributed by atoms with Crippen molar-refractivity contribution in [1.82, 2.24) is 4.90 Å². The van der Waals surface area contributed by atoms with Gasteiger partial charge in [-0.05, 0) is 32.9 Å². The van der Waals surface area contributed by atoms with Crippen molar-refractivity contribution in [1.29, 1.82) is 0 Å². The fourth-order valence-corrected chi connectivity index (χ4v) is 1.97. The van der Waals surface area contributed by atoms with Crippen LogP contribution in [0.2, 0.25) is 0 Å². The number of aliphatic hydroxyl groups is 1. The van der Waals surface area contributed by atoms with Crippen molar-refractivity contribution in [2.45, 2.75) is 24.9 Å². The van der Waals surface area contributed by atoms with Gasteiger partial charge in [0.05, 0.1) is 18.8 Å². The summed E-state index contributed by atoms with van der Waals surface area (Å²) in [7, 11) is 2.12. The van der Waals surface area contributed by atoms with E-state index < -0.39 is 0 Å². The van der Waals surface area contributed by atoms with Gasteiger partial charge in [0.2, 0.25) is 0 Å². The van der Waals surface area contributed by atoms with Gasteiger partial charge in [0.15, 0.2) is 0 Å². The average molecular weight is 202 g/mol. The molecular weight excluding hydrogens is 180 g/mol. The molecule has 1 heterocycles. The Kier molecular flexibility index (Phi) is 4.81. The standard InChI is InChI=1S/C10H22N2O2/c1-12-5-2-3-10(9-11,4-6-12)14-8-7-13/h13H,2-9,11H2,1H3. The third-order valence-electron chi connectivity index (χ3n) is 2.99. The number of rotatable bonds is 4. The zero-order chi connectivity index (χ0) is 10.4. The van der Waals surface area contributed by atoms with Crippen LogP contribution in [0.15, 0.2) is 0 Å². The maximum absolute atomic E-state index is 8.75. The molecule has 0 radical (unpaired) electrons. The number of likely N-dealkylation sites (tertiary alicyclic amines) is 1. The first-order chi connectivity index (χ1) is 6.72. The lowest BCUT2D eigenvalue weighted by Gasteiger charge is -2.31. The Balaban J connectivity index is 2.49. The molecule has 1 rings (SSSR count). The average Bonchev–Trinajstić information content (AvgIpc) is 2.39. The Hall–Kier alpha value is -0.160. The van der Waals surface area contributed by atoms with Crippen LogP contribution in [0.1, 0.15) is 19.3 Å². The molecule has 84 valence electrons. The fraction of sp³-hybridized carbons (Fsp3) is 1.00. The molecule has 0 saturated carbocycles. The quantitative estimate of drug-likeness (QED) is 0.663. The monoisotopic (exact) mass is 202 g/mol. The molecule has 0 aromatic heterocycles. The second kappa shape index (κ2) is 5.66. The summed E-state index contributed by atoms with van der Waals surface area (Å²) in [6, 6.07) is 0. The molecule has 0 bridgehead atoms. The van der Waals surface area contributed by atoms with Gasteiger partial charge in [-0.1, -0.05) is 0 Å². The Bertz CT molecular complexity index is 162. The molecule has 3 N–H and O–H groups in total. The zero-order valence-corrected chi connectivity index (χ0v) is 9.04. The number of hydrogen-bond donors (Lipinski definition) is 2. The van der Waals surface area contributed by atoms with Crippen LogP contribution in [0, 0.1) is 0 Å². The smallest absolute Gasteiger partial charge is 0.0817 e. The van der Waals surface area contributed by atoms with Crippen molar-refractivity contribution in [3.8, 4) is 0 Å². The lowest BCUT2D eigenvalue weighted by molar-refractivity contribution is -0.0604. The van der Waals surface area contributed by atoms with Gasteiger partial charge in [-0.25, -0.2) is 0 Å². The highest BCUT2D eigenvalue weighted by molar-refractivity contribution is 4.85. The summed E-state index contributed by atoms with van der Waals surface area (Å²) in [5.41, 5.74) is 5.58. The summed E-state index contributed by atoms with van der Waals surface area (Å²) in [5.74, 6) is 0. The van der Waals surface area contributed by atoms with Crippen LogP contribution in [0.3, 0.4) is 0 Å². The first-order valence-electron chi connectivity index (χ1n) is 5.36. The van der Waals surface area contributed by atoms with Crippen LogP contribution >= 0.6 is 0 Å². The molecule has 0 aliphatic carbocycles. The molecule has 1 aliphatic heterocycles. The molecule has 14 heavy (non-hydrogen) atoms. The highest BCUT2D eigenvalue weighted by Crippen LogP contribution is 2.24. The van der Waals surface area contributed by atoms with Crippen LogP contribution in [0.4, 0.5) is 0 Å². The van der Waals surface area contributed by atoms with Crippen LogP contribution in [-0.2, 0) is 4.74 Å². The summed E-state index contributed by atoms with van der Waals surface area (Å²) in [6.45, 7) is 3.19. The topological polar surface area (TPSA) is 58.7 Å². The van der Waals surface area contributed by atoms with Crippen molar-refractivity contribution >= 4 is 0 Å². The molecule has 4 nitrogen and oxygen atoms in total. The van der Waals surface area contributed by atoms with Gasteiger partial charge in [0.1, 0.15) is 0 Å². The summed E-state index contributed by atoms with van der Waals surface area (Å²) in [5, 5.41) is 8.75. The van der Waals surface area contributed by atoms with Crippen molar-refractivity contribution in [2.24, 2.45) is 5.73 Å². The third-order valence-corrected chi connectivity index (χ3v) is 2.99. The molecule has 0 amide bonds. The molecular formula is C10H22N2O2. The Morgan fingerprint density at radius 1 is 1.43 bits per heavy atom. The Morgan fingerprint density at radius 2 is 2.21 bits per heavy atom. The summed E-state index contributed by atoms with van der Waals surface area (Å²) >= 11 is 0. The van der Waals surface area contributed by atoms with Crippen LogP contribution in [0.25, 0.3) is 0 Å². The molecule has 0 aromatic carbocycles. The normalized spacial score (nSPS) is 30.2. The largest absolute Gasteiger partial charge is 0.394 e. The lowest BCUT2D eigenvalue weighted by atomic mass is 9.95. The first kappa shape index (κ1) is 11.9. The predicted molar refractivity (Wildman–Crippen MR) is 56.2 cm³/mol. The molecule has 0 aromatic rings. The Labute approximate surface area is 86.0 Å². The summed E-state index contributed by atoms with van der Waals surface area (Å²) in [6.07, 6.45) is 3.10. The van der Waals surface area contributed by atoms with Gasteiger partial charge in [0, 0.05) is 13.1 Å². The van der Waals surface area contributed by atoms with E-state index in [-0.39, 0.29) is 12.2 Å². The van der Waals surface area contributed by atoms with Gasteiger partial charge in [-0.3, -0.25) is 0 Å². The minimum Gasteiger partial charge on any atom is -0.394 e. The maximum Gasteiger partial charge on any atom is 0.0817 e. The molecule has 0 spiro atoms. The van der Waals surface area contributed by atoms with Gasteiger partial charge in [0.25, 0.3) is 0 Å². The van der Waals surface area contributed by atoms with E-state index in [0.717, 1.165) is 32.4 Å². The van der Waals surface area contributed by atoms with E-state index in [1.165, 1.54) is 0 Å². The number of hydrogen-bond acceptors (Lipinski definition) is 4. The first-order valence-corrected chi connectivity index (χ1v) is 5.36. The van der Waals surface area contributed by atoms with Gasteiger partial charge >= 0.3 is 0 Å². The molecule has 1 saturated heterocycles. The molecule has 1 unspecified atom stereocenters. The second-order valence-electron chi connectivity index (χ2n) is 4.12. The molecule has 1 fully saturated rings. The number of aliphatic hydroxyl groups excluding tert-OH is 1. The second-order valence-corrected chi connectivity index (χ2v) is 4.12. The number of nitrogens with two attached hydrogens (primary N) is 1. The van der Waals surface area contributed by atoms with E-state index in [0.29, 0.717) is 13.2 Å². The van der Waals surface area contributed by atoms with Gasteiger partial charge < -0.3 is 20.5 Å². The maximum atomic E-state index is 8.75. The van der Waals surface area contributed by atoms with Crippen LogP contribution < -0.4 is 5.73 Å². The number of ether oxygens (including phenoxy) is 1. The van der Waals surface area contributed by atoms with E-state index in [1.54, 1.807) is 0 Å². The molecule has 1 atom stereocenters.